The molecule has 0 aliphatic carbocycles. The first-order chi connectivity index (χ1) is 9.09. The Labute approximate surface area is 131 Å². The van der Waals surface area contributed by atoms with E-state index in [2.05, 4.69) is 21.2 Å². The highest BCUT2D eigenvalue weighted by Crippen LogP contribution is 2.25. The maximum atomic E-state index is 6.12. The number of nitrogens with two attached hydrogens (primary N) is 1. The molecule has 0 bridgehead atoms. The van der Waals surface area contributed by atoms with E-state index in [1.807, 2.05) is 36.4 Å². The number of hydrogen-bond donors (Lipinski definition) is 2. The van der Waals surface area contributed by atoms with E-state index in [0.29, 0.717) is 22.1 Å². The fraction of sp³-hybridized carbons (Fsp3) is 0.0714. The quantitative estimate of drug-likeness (QED) is 0.801. The fourth-order valence-electron chi connectivity index (χ4n) is 1.75. The summed E-state index contributed by atoms with van der Waals surface area (Å²) in [6, 6.07) is 13.6. The molecule has 5 heteroatoms. The zero-order chi connectivity index (χ0) is 13.8. The summed E-state index contributed by atoms with van der Waals surface area (Å²) in [5.41, 5.74) is 8.39. The average molecular weight is 356 g/mol. The van der Waals surface area contributed by atoms with E-state index in [-0.39, 0.29) is 0 Å². The van der Waals surface area contributed by atoms with E-state index in [9.17, 15) is 0 Å². The fourth-order valence-corrected chi connectivity index (χ4v) is 2.73. The monoisotopic (exact) mass is 354 g/mol. The molecule has 0 spiro atoms. The topological polar surface area (TPSA) is 38.0 Å². The molecule has 0 unspecified atom stereocenters. The normalized spacial score (nSPS) is 10.2. The zero-order valence-corrected chi connectivity index (χ0v) is 13.1. The van der Waals surface area contributed by atoms with Crippen molar-refractivity contribution in [3.63, 3.8) is 0 Å². The van der Waals surface area contributed by atoms with E-state index < -0.39 is 0 Å². The minimum atomic E-state index is 0.292. The summed E-state index contributed by atoms with van der Waals surface area (Å²) in [7, 11) is 0. The van der Waals surface area contributed by atoms with Crippen molar-refractivity contribution >= 4 is 50.4 Å². The van der Waals surface area contributed by atoms with Crippen molar-refractivity contribution in [1.82, 2.24) is 0 Å². The minimum absolute atomic E-state index is 0.292. The summed E-state index contributed by atoms with van der Waals surface area (Å²) in [6.07, 6.45) is 0. The summed E-state index contributed by atoms with van der Waals surface area (Å²) in [5, 5.41) is 3.87. The lowest BCUT2D eigenvalue weighted by atomic mass is 10.1. The van der Waals surface area contributed by atoms with Gasteiger partial charge in [-0.3, -0.25) is 0 Å². The van der Waals surface area contributed by atoms with Crippen LogP contribution in [-0.2, 0) is 6.54 Å². The smallest absolute Gasteiger partial charge is 0.107 e. The first kappa shape index (κ1) is 14.3. The van der Waals surface area contributed by atoms with Crippen LogP contribution in [0.2, 0.25) is 5.02 Å². The number of benzene rings is 2. The van der Waals surface area contributed by atoms with Crippen LogP contribution in [0.1, 0.15) is 11.1 Å². The Morgan fingerprint density at radius 2 is 1.95 bits per heavy atom. The first-order valence-corrected chi connectivity index (χ1v) is 7.23. The molecule has 2 aromatic rings. The van der Waals surface area contributed by atoms with E-state index >= 15 is 0 Å². The maximum absolute atomic E-state index is 6.12. The standard InChI is InChI=1S/C14H12BrClN2S/c15-10-5-2-1-4-9(10)8-18-12-7-3-6-11(16)13(12)14(17)19/h1-7,18H,8H2,(H2,17,19). The Hall–Kier alpha value is -1.10. The zero-order valence-electron chi connectivity index (χ0n) is 9.99. The molecule has 3 N–H and O–H groups in total. The van der Waals surface area contributed by atoms with Crippen molar-refractivity contribution in [2.45, 2.75) is 6.54 Å². The van der Waals surface area contributed by atoms with Crippen LogP contribution in [0.25, 0.3) is 0 Å². The lowest BCUT2D eigenvalue weighted by Gasteiger charge is -2.13. The van der Waals surface area contributed by atoms with Crippen LogP contribution in [0.5, 0.6) is 0 Å². The highest BCUT2D eigenvalue weighted by atomic mass is 79.9. The van der Waals surface area contributed by atoms with Crippen molar-refractivity contribution in [2.24, 2.45) is 5.73 Å². The largest absolute Gasteiger partial charge is 0.389 e. The van der Waals surface area contributed by atoms with Crippen LogP contribution < -0.4 is 11.1 Å². The number of anilines is 1. The number of hydrogen-bond acceptors (Lipinski definition) is 2. The summed E-state index contributed by atoms with van der Waals surface area (Å²) >= 11 is 14.7. The second kappa shape index (κ2) is 6.37. The second-order valence-corrected chi connectivity index (χ2v) is 5.67. The van der Waals surface area contributed by atoms with E-state index in [1.165, 1.54) is 0 Å². The lowest BCUT2D eigenvalue weighted by Crippen LogP contribution is -2.14. The highest BCUT2D eigenvalue weighted by Gasteiger charge is 2.09. The summed E-state index contributed by atoms with van der Waals surface area (Å²) in [4.78, 5) is 0.292. The van der Waals surface area contributed by atoms with Crippen molar-refractivity contribution in [1.29, 1.82) is 0 Å². The van der Waals surface area contributed by atoms with Gasteiger partial charge < -0.3 is 11.1 Å². The molecule has 0 saturated carbocycles. The maximum Gasteiger partial charge on any atom is 0.107 e. The van der Waals surface area contributed by atoms with Gasteiger partial charge in [-0.1, -0.05) is 64.0 Å². The third-order valence-corrected chi connectivity index (χ3v) is 3.98. The van der Waals surface area contributed by atoms with E-state index in [4.69, 9.17) is 29.6 Å². The molecule has 2 nitrogen and oxygen atoms in total. The SMILES string of the molecule is NC(=S)c1c(Cl)cccc1NCc1ccccc1Br. The number of nitrogens with one attached hydrogen (secondary N) is 1. The van der Waals surface area contributed by atoms with Gasteiger partial charge in [0.1, 0.15) is 4.99 Å². The van der Waals surface area contributed by atoms with Crippen molar-refractivity contribution in [3.05, 3.63) is 63.1 Å². The third-order valence-electron chi connectivity index (χ3n) is 2.69. The molecule has 0 radical (unpaired) electrons. The van der Waals surface area contributed by atoms with Crippen LogP contribution in [0, 0.1) is 0 Å². The van der Waals surface area contributed by atoms with Crippen LogP contribution in [0.4, 0.5) is 5.69 Å². The third kappa shape index (κ3) is 3.47. The van der Waals surface area contributed by atoms with Gasteiger partial charge in [0.05, 0.1) is 10.6 Å². The average Bonchev–Trinajstić information content (AvgIpc) is 2.37. The molecule has 0 aliphatic rings. The van der Waals surface area contributed by atoms with Gasteiger partial charge in [-0.15, -0.1) is 0 Å². The predicted octanol–water partition coefficient (Wildman–Crippen LogP) is 4.35. The summed E-state index contributed by atoms with van der Waals surface area (Å²) in [6.45, 7) is 0.664. The van der Waals surface area contributed by atoms with Crippen LogP contribution in [0.15, 0.2) is 46.9 Å². The molecular formula is C14H12BrClN2S. The van der Waals surface area contributed by atoms with Gasteiger partial charge in [0.25, 0.3) is 0 Å². The molecule has 0 aromatic heterocycles. The molecule has 98 valence electrons. The van der Waals surface area contributed by atoms with Gasteiger partial charge in [0.15, 0.2) is 0 Å². The molecule has 0 heterocycles. The number of halogens is 2. The molecule has 0 atom stereocenters. The van der Waals surface area contributed by atoms with Gasteiger partial charge in [-0.05, 0) is 23.8 Å². The minimum Gasteiger partial charge on any atom is -0.389 e. The Morgan fingerprint density at radius 3 is 2.63 bits per heavy atom. The van der Waals surface area contributed by atoms with Gasteiger partial charge in [-0.2, -0.15) is 0 Å². The molecule has 19 heavy (non-hydrogen) atoms. The van der Waals surface area contributed by atoms with Crippen molar-refractivity contribution in [3.8, 4) is 0 Å². The molecule has 0 amide bonds. The van der Waals surface area contributed by atoms with Gasteiger partial charge in [-0.25, -0.2) is 0 Å². The second-order valence-electron chi connectivity index (χ2n) is 3.97. The van der Waals surface area contributed by atoms with Crippen molar-refractivity contribution < 1.29 is 0 Å². The number of thiocarbonyl (C=S) groups is 1. The Morgan fingerprint density at radius 1 is 1.21 bits per heavy atom. The molecule has 0 saturated heterocycles. The first-order valence-electron chi connectivity index (χ1n) is 5.65. The molecule has 0 fully saturated rings. The molecule has 0 aliphatic heterocycles. The van der Waals surface area contributed by atoms with Crippen LogP contribution in [0.3, 0.4) is 0 Å². The molecule has 2 aromatic carbocycles. The van der Waals surface area contributed by atoms with E-state index in [1.54, 1.807) is 6.07 Å². The molecule has 2 rings (SSSR count). The number of rotatable bonds is 4. The van der Waals surface area contributed by atoms with Crippen LogP contribution in [-0.4, -0.2) is 4.99 Å². The van der Waals surface area contributed by atoms with Crippen LogP contribution >= 0.6 is 39.7 Å². The summed E-state index contributed by atoms with van der Waals surface area (Å²) in [5.74, 6) is 0. The Kier molecular flexibility index (Phi) is 4.80. The predicted molar refractivity (Wildman–Crippen MR) is 88.8 cm³/mol. The Bertz CT molecular complexity index is 616. The van der Waals surface area contributed by atoms with Gasteiger partial charge in [0, 0.05) is 16.7 Å². The van der Waals surface area contributed by atoms with Gasteiger partial charge >= 0.3 is 0 Å². The van der Waals surface area contributed by atoms with Crippen molar-refractivity contribution in [2.75, 3.05) is 5.32 Å². The summed E-state index contributed by atoms with van der Waals surface area (Å²) < 4.78 is 1.06. The van der Waals surface area contributed by atoms with Gasteiger partial charge in [0.2, 0.25) is 0 Å². The highest BCUT2D eigenvalue weighted by molar-refractivity contribution is 9.10. The lowest BCUT2D eigenvalue weighted by molar-refractivity contribution is 1.14. The Balaban J connectivity index is 2.23. The molecular weight excluding hydrogens is 344 g/mol. The van der Waals surface area contributed by atoms with E-state index in [0.717, 1.165) is 15.7 Å².